The molecule has 1 fully saturated rings. The van der Waals surface area contributed by atoms with Crippen molar-refractivity contribution in [2.45, 2.75) is 96.7 Å². The number of ether oxygens (including phenoxy) is 1. The Labute approximate surface area is 314 Å². The molecule has 0 unspecified atom stereocenters. The van der Waals surface area contributed by atoms with Gasteiger partial charge in [0, 0.05) is 57.5 Å². The second-order valence-electron chi connectivity index (χ2n) is 12.3. The van der Waals surface area contributed by atoms with Crippen molar-refractivity contribution in [2.24, 2.45) is 5.73 Å². The largest absolute Gasteiger partial charge is 3.00 e. The Hall–Kier alpha value is -3.68. The summed E-state index contributed by atoms with van der Waals surface area (Å²) in [6.45, 7) is 3.77. The zero-order chi connectivity index (χ0) is 38.5. The minimum absolute atomic E-state index is 0. The number of esters is 1. The van der Waals surface area contributed by atoms with Crippen LogP contribution in [-0.4, -0.2) is 118 Å². The van der Waals surface area contributed by atoms with Crippen molar-refractivity contribution in [2.75, 3.05) is 39.5 Å². The Balaban J connectivity index is 0.0000260. The number of hydroxylamine groups is 6. The van der Waals surface area contributed by atoms with Crippen LogP contribution in [0.1, 0.15) is 78.6 Å². The monoisotopic (exact) mass is 779 g/mol. The van der Waals surface area contributed by atoms with Crippen LogP contribution in [0.3, 0.4) is 0 Å². The van der Waals surface area contributed by atoms with Crippen molar-refractivity contribution in [1.82, 2.24) is 25.8 Å². The number of rotatable bonds is 23. The number of aliphatic hydroxyl groups excluding tert-OH is 2. The molecule has 0 bridgehead atoms. The summed E-state index contributed by atoms with van der Waals surface area (Å²) in [5.41, 5.74) is 7.37. The third-order valence-electron chi connectivity index (χ3n) is 7.75. The van der Waals surface area contributed by atoms with Gasteiger partial charge in [-0.25, -0.2) is 0 Å². The van der Waals surface area contributed by atoms with Crippen molar-refractivity contribution in [3.8, 4) is 0 Å². The maximum atomic E-state index is 12.5. The molecule has 1 rings (SSSR count). The molecule has 52 heavy (non-hydrogen) atoms. The van der Waals surface area contributed by atoms with Gasteiger partial charge >= 0.3 is 23.0 Å². The van der Waals surface area contributed by atoms with E-state index in [1.165, 1.54) is 0 Å². The summed E-state index contributed by atoms with van der Waals surface area (Å²) in [6.07, 6.45) is 4.76. The Morgan fingerprint density at radius 2 is 1.10 bits per heavy atom. The summed E-state index contributed by atoms with van der Waals surface area (Å²) in [5.74, 6) is -4.07. The third kappa shape index (κ3) is 19.2. The van der Waals surface area contributed by atoms with Gasteiger partial charge in [0.05, 0.1) is 6.61 Å². The van der Waals surface area contributed by atoms with E-state index in [4.69, 9.17) is 20.7 Å². The summed E-state index contributed by atoms with van der Waals surface area (Å²) in [4.78, 5) is 73.2. The molecule has 3 atom stereocenters. The predicted molar refractivity (Wildman–Crippen MR) is 185 cm³/mol. The van der Waals surface area contributed by atoms with Gasteiger partial charge in [0.1, 0.15) is 18.1 Å². The second kappa shape index (κ2) is 26.1. The summed E-state index contributed by atoms with van der Waals surface area (Å²) < 4.78 is 5.11. The maximum Gasteiger partial charge on any atom is 3.00 e. The van der Waals surface area contributed by atoms with Crippen molar-refractivity contribution in [3.05, 3.63) is 50.6 Å². The minimum Gasteiger partial charge on any atom is -0.756 e. The standard InChI is InChI=1S/C33H51N6O12.Fe/c1-22(10-16-40)19-28(42)37(48)13-4-7-25(34)33(47)51-18-12-24(3)21-30(44)39(50)15-6-9-27-32(46)35-26(31(45)36-27)8-5-14-38(49)29(43)20-23(2)11-17-41;/h19-21,25-27,40-41H,4-18,34H2,1-3H3,(H,35,46)(H,36,45);/q-3;+3/b22-19+,23-20+,24-21+;/t25-,26-,27-;/m0./s1. The third-order valence-corrected chi connectivity index (χ3v) is 7.75. The summed E-state index contributed by atoms with van der Waals surface area (Å²) in [6, 6.07) is -2.85. The molecule has 1 aliphatic heterocycles. The van der Waals surface area contributed by atoms with Crippen molar-refractivity contribution < 1.29 is 60.8 Å². The Morgan fingerprint density at radius 3 is 1.48 bits per heavy atom. The van der Waals surface area contributed by atoms with Crippen LogP contribution in [0.15, 0.2) is 34.9 Å². The first-order chi connectivity index (χ1) is 24.1. The van der Waals surface area contributed by atoms with Crippen LogP contribution in [0, 0.1) is 15.6 Å². The number of amides is 5. The van der Waals surface area contributed by atoms with Crippen LogP contribution >= 0.6 is 0 Å². The molecule has 19 heteroatoms. The minimum atomic E-state index is -1.03. The topological polar surface area (TPSA) is 281 Å². The Bertz CT molecular complexity index is 1290. The second-order valence-corrected chi connectivity index (χ2v) is 12.3. The molecular weight excluding hydrogens is 728 g/mol. The number of carbonyl (C=O) groups is 6. The normalized spacial score (nSPS) is 17.0. The SMILES string of the molecule is C/C(=C\C(=O)N([O-])CCC[C@@H]1NC(=O)[C@H](CCCN([O-])C(=O)/C=C(\C)CCOC(=O)[C@@H](N)CCCN([O-])C(=O)/C=C(\C)CCO)NC1=O)CCO.[Fe+3]. The molecule has 0 aliphatic carbocycles. The molecule has 1 heterocycles. The van der Waals surface area contributed by atoms with E-state index in [-0.39, 0.29) is 130 Å². The molecule has 1 saturated heterocycles. The van der Waals surface area contributed by atoms with Crippen molar-refractivity contribution in [1.29, 1.82) is 0 Å². The predicted octanol–water partition coefficient (Wildman–Crippen LogP) is 0.151. The van der Waals surface area contributed by atoms with E-state index in [1.54, 1.807) is 20.8 Å². The fraction of sp³-hybridized carbons (Fsp3) is 0.636. The first-order valence-corrected chi connectivity index (χ1v) is 16.8. The molecule has 0 spiro atoms. The number of nitrogens with zero attached hydrogens (tertiary/aromatic N) is 3. The maximum absolute atomic E-state index is 12.5. The Morgan fingerprint density at radius 1 is 0.731 bits per heavy atom. The van der Waals surface area contributed by atoms with E-state index in [2.05, 4.69) is 10.6 Å². The first-order valence-electron chi connectivity index (χ1n) is 16.8. The number of hydrogen-bond acceptors (Lipinski definition) is 13. The fourth-order valence-electron chi connectivity index (χ4n) is 4.70. The van der Waals surface area contributed by atoms with Gasteiger partial charge in [0.2, 0.25) is 29.5 Å². The van der Waals surface area contributed by atoms with Crippen LogP contribution in [-0.2, 0) is 50.6 Å². The van der Waals surface area contributed by atoms with E-state index >= 15 is 0 Å². The molecule has 5 amide bonds. The fourth-order valence-corrected chi connectivity index (χ4v) is 4.70. The summed E-state index contributed by atoms with van der Waals surface area (Å²) in [7, 11) is 0. The number of nitrogens with two attached hydrogens (primary N) is 1. The van der Waals surface area contributed by atoms with Crippen LogP contribution in [0.5, 0.6) is 0 Å². The van der Waals surface area contributed by atoms with Crippen LogP contribution in [0.25, 0.3) is 0 Å². The molecule has 0 saturated carbocycles. The van der Waals surface area contributed by atoms with Gasteiger partial charge in [-0.05, 0) is 72.1 Å². The van der Waals surface area contributed by atoms with Gasteiger partial charge in [-0.3, -0.25) is 28.8 Å². The van der Waals surface area contributed by atoms with Crippen molar-refractivity contribution in [3.63, 3.8) is 0 Å². The van der Waals surface area contributed by atoms with Gasteiger partial charge in [-0.15, -0.1) is 0 Å². The number of nitrogens with one attached hydrogen (secondary N) is 2. The zero-order valence-corrected chi connectivity index (χ0v) is 30.9. The molecule has 1 aliphatic rings. The quantitative estimate of drug-likeness (QED) is 0.0400. The van der Waals surface area contributed by atoms with Gasteiger partial charge < -0.3 is 62.1 Å². The number of piperazine rings is 1. The van der Waals surface area contributed by atoms with Gasteiger partial charge in [0.25, 0.3) is 0 Å². The molecule has 1 radical (unpaired) electrons. The summed E-state index contributed by atoms with van der Waals surface area (Å²) in [5, 5.41) is 59.7. The van der Waals surface area contributed by atoms with E-state index in [0.29, 0.717) is 16.7 Å². The average Bonchev–Trinajstić information content (AvgIpc) is 3.06. The average molecular weight is 780 g/mol. The van der Waals surface area contributed by atoms with Gasteiger partial charge in [-0.2, -0.15) is 0 Å². The Kier molecular flexibility index (Phi) is 24.3. The number of aliphatic hydroxyl groups is 2. The number of carbonyl (C=O) groups excluding carboxylic acids is 6. The number of hydrogen-bond donors (Lipinski definition) is 5. The van der Waals surface area contributed by atoms with Crippen LogP contribution in [0.4, 0.5) is 0 Å². The van der Waals surface area contributed by atoms with E-state index in [1.807, 2.05) is 0 Å². The van der Waals surface area contributed by atoms with E-state index < -0.39 is 53.6 Å². The molecular formula is C33H51FeN6O12. The molecule has 0 aromatic heterocycles. The van der Waals surface area contributed by atoms with Gasteiger partial charge in [-0.1, -0.05) is 16.7 Å². The zero-order valence-electron chi connectivity index (χ0n) is 29.8. The van der Waals surface area contributed by atoms with Gasteiger partial charge in [0.15, 0.2) is 0 Å². The molecule has 0 aromatic rings. The molecule has 0 aromatic carbocycles. The smallest absolute Gasteiger partial charge is 0.756 e. The molecule has 293 valence electrons. The molecule has 6 N–H and O–H groups in total. The van der Waals surface area contributed by atoms with Crippen LogP contribution in [0.2, 0.25) is 0 Å². The first kappa shape index (κ1) is 48.3. The summed E-state index contributed by atoms with van der Waals surface area (Å²) >= 11 is 0. The molecule has 18 nitrogen and oxygen atoms in total. The van der Waals surface area contributed by atoms with E-state index in [0.717, 1.165) is 18.2 Å². The van der Waals surface area contributed by atoms with E-state index in [9.17, 15) is 44.4 Å². The van der Waals surface area contributed by atoms with Crippen LogP contribution < -0.4 is 16.4 Å². The van der Waals surface area contributed by atoms with Crippen molar-refractivity contribution >= 4 is 35.5 Å².